The Balaban J connectivity index is 1.91. The molecule has 17 heavy (non-hydrogen) atoms. The van der Waals surface area contributed by atoms with E-state index in [1.807, 2.05) is 0 Å². The summed E-state index contributed by atoms with van der Waals surface area (Å²) in [6, 6.07) is 1.65. The van der Waals surface area contributed by atoms with Gasteiger partial charge in [0.2, 0.25) is 5.95 Å². The highest BCUT2D eigenvalue weighted by atomic mass is 16.1. The Morgan fingerprint density at radius 2 is 2.18 bits per heavy atom. The van der Waals surface area contributed by atoms with Crippen molar-refractivity contribution < 1.29 is 0 Å². The fourth-order valence-corrected chi connectivity index (χ4v) is 2.66. The van der Waals surface area contributed by atoms with Gasteiger partial charge in [0.1, 0.15) is 0 Å². The van der Waals surface area contributed by atoms with Crippen molar-refractivity contribution in [2.24, 2.45) is 0 Å². The second-order valence-electron chi connectivity index (χ2n) is 4.88. The third-order valence-corrected chi connectivity index (χ3v) is 3.63. The lowest BCUT2D eigenvalue weighted by Gasteiger charge is -2.17. The van der Waals surface area contributed by atoms with Gasteiger partial charge >= 0.3 is 0 Å². The molecule has 1 atom stereocenters. The Morgan fingerprint density at radius 1 is 1.35 bits per heavy atom. The van der Waals surface area contributed by atoms with E-state index in [0.717, 1.165) is 44.2 Å². The van der Waals surface area contributed by atoms with Crippen molar-refractivity contribution in [2.75, 3.05) is 31.1 Å². The molecule has 5 nitrogen and oxygen atoms in total. The van der Waals surface area contributed by atoms with Crippen LogP contribution in [-0.2, 0) is 0 Å². The van der Waals surface area contributed by atoms with E-state index in [2.05, 4.69) is 20.2 Å². The number of anilines is 1. The summed E-state index contributed by atoms with van der Waals surface area (Å²) >= 11 is 0. The minimum absolute atomic E-state index is 0.0243. The molecule has 0 amide bonds. The van der Waals surface area contributed by atoms with E-state index in [4.69, 9.17) is 0 Å². The highest BCUT2D eigenvalue weighted by molar-refractivity contribution is 5.32. The molecular formula is C12H18N4O. The van der Waals surface area contributed by atoms with Crippen LogP contribution < -0.4 is 15.8 Å². The molecule has 0 bridgehead atoms. The molecular weight excluding hydrogens is 216 g/mol. The third-order valence-electron chi connectivity index (χ3n) is 3.63. The predicted octanol–water partition coefficient (Wildman–Crippen LogP) is 0.447. The van der Waals surface area contributed by atoms with E-state index in [1.54, 1.807) is 6.07 Å². The van der Waals surface area contributed by atoms with Gasteiger partial charge in [-0.25, -0.2) is 4.98 Å². The van der Waals surface area contributed by atoms with E-state index in [-0.39, 0.29) is 5.56 Å². The molecule has 0 aliphatic carbocycles. The first kappa shape index (κ1) is 10.8. The number of aromatic amines is 1. The fourth-order valence-electron chi connectivity index (χ4n) is 2.66. The molecule has 0 saturated carbocycles. The molecule has 2 aliphatic heterocycles. The summed E-state index contributed by atoms with van der Waals surface area (Å²) in [5, 5.41) is 3.31. The maximum absolute atomic E-state index is 11.7. The van der Waals surface area contributed by atoms with Gasteiger partial charge in [-0.3, -0.25) is 9.78 Å². The number of H-pyrrole nitrogens is 1. The molecule has 0 spiro atoms. The minimum Gasteiger partial charge on any atom is -0.342 e. The lowest BCUT2D eigenvalue weighted by atomic mass is 10.1. The molecule has 2 aliphatic rings. The molecule has 2 saturated heterocycles. The third kappa shape index (κ3) is 2.20. The second kappa shape index (κ2) is 4.49. The maximum atomic E-state index is 11.7. The van der Waals surface area contributed by atoms with Crippen LogP contribution >= 0.6 is 0 Å². The van der Waals surface area contributed by atoms with E-state index in [9.17, 15) is 4.79 Å². The summed E-state index contributed by atoms with van der Waals surface area (Å²) in [7, 11) is 0. The van der Waals surface area contributed by atoms with Gasteiger partial charge in [-0.1, -0.05) is 0 Å². The highest BCUT2D eigenvalue weighted by Crippen LogP contribution is 2.21. The minimum atomic E-state index is -0.0243. The quantitative estimate of drug-likeness (QED) is 0.780. The average molecular weight is 234 g/mol. The first-order chi connectivity index (χ1) is 8.33. The number of aromatic nitrogens is 2. The Morgan fingerprint density at radius 3 is 2.88 bits per heavy atom. The number of nitrogens with zero attached hydrogens (tertiary/aromatic N) is 2. The molecule has 1 unspecified atom stereocenters. The van der Waals surface area contributed by atoms with Gasteiger partial charge in [-0.05, 0) is 25.8 Å². The topological polar surface area (TPSA) is 61.0 Å². The molecule has 0 aromatic carbocycles. The molecule has 92 valence electrons. The van der Waals surface area contributed by atoms with Crippen LogP contribution in [0.15, 0.2) is 10.9 Å². The fraction of sp³-hybridized carbons (Fsp3) is 0.667. The standard InChI is InChI=1S/C12H18N4O/c17-11-7-10(9-3-4-13-8-9)14-12(15-11)16-5-1-2-6-16/h7,9,13H,1-6,8H2,(H,14,15,17). The Labute approximate surface area is 100 Å². The summed E-state index contributed by atoms with van der Waals surface area (Å²) in [5.74, 6) is 1.16. The van der Waals surface area contributed by atoms with Crippen LogP contribution in [0.1, 0.15) is 30.9 Å². The highest BCUT2D eigenvalue weighted by Gasteiger charge is 2.21. The molecule has 3 rings (SSSR count). The molecule has 1 aromatic heterocycles. The Kier molecular flexibility index (Phi) is 2.84. The monoisotopic (exact) mass is 234 g/mol. The summed E-state index contributed by atoms with van der Waals surface area (Å²) in [5.41, 5.74) is 0.921. The van der Waals surface area contributed by atoms with E-state index >= 15 is 0 Å². The lowest BCUT2D eigenvalue weighted by Crippen LogP contribution is -2.25. The van der Waals surface area contributed by atoms with E-state index in [1.165, 1.54) is 12.8 Å². The van der Waals surface area contributed by atoms with Gasteiger partial charge in [0.15, 0.2) is 0 Å². The van der Waals surface area contributed by atoms with Crippen LogP contribution in [0, 0.1) is 0 Å². The van der Waals surface area contributed by atoms with Gasteiger partial charge in [0.05, 0.1) is 5.69 Å². The number of rotatable bonds is 2. The molecule has 5 heteroatoms. The van der Waals surface area contributed by atoms with Gasteiger partial charge in [0.25, 0.3) is 5.56 Å². The Hall–Kier alpha value is -1.36. The summed E-state index contributed by atoms with van der Waals surface area (Å²) in [6.45, 7) is 3.98. The first-order valence-electron chi connectivity index (χ1n) is 6.40. The van der Waals surface area contributed by atoms with Gasteiger partial charge < -0.3 is 10.2 Å². The zero-order valence-electron chi connectivity index (χ0n) is 9.91. The van der Waals surface area contributed by atoms with Crippen molar-refractivity contribution in [2.45, 2.75) is 25.2 Å². The van der Waals surface area contributed by atoms with Crippen LogP contribution in [-0.4, -0.2) is 36.1 Å². The van der Waals surface area contributed by atoms with Gasteiger partial charge in [0, 0.05) is 31.6 Å². The van der Waals surface area contributed by atoms with Crippen molar-refractivity contribution in [3.63, 3.8) is 0 Å². The molecule has 0 radical (unpaired) electrons. The zero-order valence-corrected chi connectivity index (χ0v) is 9.91. The molecule has 3 heterocycles. The van der Waals surface area contributed by atoms with E-state index in [0.29, 0.717) is 5.92 Å². The van der Waals surface area contributed by atoms with Gasteiger partial charge in [-0.2, -0.15) is 0 Å². The van der Waals surface area contributed by atoms with Crippen LogP contribution in [0.3, 0.4) is 0 Å². The number of hydrogen-bond donors (Lipinski definition) is 2. The Bertz CT molecular complexity index is 407. The van der Waals surface area contributed by atoms with Crippen LogP contribution in [0.25, 0.3) is 0 Å². The number of hydrogen-bond acceptors (Lipinski definition) is 4. The second-order valence-corrected chi connectivity index (χ2v) is 4.88. The molecule has 1 aromatic rings. The molecule has 2 N–H and O–H groups in total. The van der Waals surface area contributed by atoms with E-state index < -0.39 is 0 Å². The van der Waals surface area contributed by atoms with Crippen molar-refractivity contribution in [3.8, 4) is 0 Å². The van der Waals surface area contributed by atoms with Crippen molar-refractivity contribution in [3.05, 3.63) is 22.1 Å². The normalized spacial score (nSPS) is 24.5. The van der Waals surface area contributed by atoms with Crippen LogP contribution in [0.5, 0.6) is 0 Å². The summed E-state index contributed by atoms with van der Waals surface area (Å²) in [4.78, 5) is 21.3. The molecule has 2 fully saturated rings. The summed E-state index contributed by atoms with van der Waals surface area (Å²) < 4.78 is 0. The first-order valence-corrected chi connectivity index (χ1v) is 6.40. The lowest BCUT2D eigenvalue weighted by molar-refractivity contribution is 0.721. The summed E-state index contributed by atoms with van der Waals surface area (Å²) in [6.07, 6.45) is 3.47. The number of nitrogens with one attached hydrogen (secondary N) is 2. The maximum Gasteiger partial charge on any atom is 0.252 e. The van der Waals surface area contributed by atoms with Crippen molar-refractivity contribution in [1.82, 2.24) is 15.3 Å². The van der Waals surface area contributed by atoms with Crippen molar-refractivity contribution in [1.29, 1.82) is 0 Å². The smallest absolute Gasteiger partial charge is 0.252 e. The van der Waals surface area contributed by atoms with Crippen LogP contribution in [0.4, 0.5) is 5.95 Å². The zero-order chi connectivity index (χ0) is 11.7. The predicted molar refractivity (Wildman–Crippen MR) is 66.5 cm³/mol. The largest absolute Gasteiger partial charge is 0.342 e. The van der Waals surface area contributed by atoms with Gasteiger partial charge in [-0.15, -0.1) is 0 Å². The van der Waals surface area contributed by atoms with Crippen molar-refractivity contribution >= 4 is 5.95 Å². The van der Waals surface area contributed by atoms with Crippen LogP contribution in [0.2, 0.25) is 0 Å². The average Bonchev–Trinajstić information content (AvgIpc) is 3.02. The SMILES string of the molecule is O=c1cc(C2CCNC2)nc(N2CCCC2)[nH]1.